The minimum Gasteiger partial charge on any atom is -0.444 e. The molecule has 0 aromatic carbocycles. The molecule has 4 heteroatoms. The third-order valence-corrected chi connectivity index (χ3v) is 2.44. The van der Waals surface area contributed by atoms with Gasteiger partial charge in [0.15, 0.2) is 0 Å². The molecule has 2 bridgehead atoms. The molecule has 0 spiro atoms. The summed E-state index contributed by atoms with van der Waals surface area (Å²) in [5.41, 5.74) is 0.242. The molecule has 0 saturated carbocycles. The minimum absolute atomic E-state index is 0.129. The maximum absolute atomic E-state index is 13.0. The average molecular weight is 199 g/mol. The number of nitrogens with zero attached hydrogens (tertiary/aromatic N) is 1. The first-order valence-electron chi connectivity index (χ1n) is 4.75. The molecule has 0 aromatic heterocycles. The summed E-state index contributed by atoms with van der Waals surface area (Å²) in [5, 5.41) is 0. The van der Waals surface area contributed by atoms with Crippen molar-refractivity contribution in [3.05, 3.63) is 11.4 Å². The van der Waals surface area contributed by atoms with Crippen LogP contribution in [-0.4, -0.2) is 29.2 Å². The predicted molar refractivity (Wildman–Crippen MR) is 49.5 cm³/mol. The van der Waals surface area contributed by atoms with E-state index in [-0.39, 0.29) is 11.9 Å². The lowest BCUT2D eigenvalue weighted by molar-refractivity contribution is 0.0250. The fourth-order valence-electron chi connectivity index (χ4n) is 1.74. The number of rotatable bonds is 0. The Kier molecular flexibility index (Phi) is 1.84. The van der Waals surface area contributed by atoms with Crippen LogP contribution in [0.3, 0.4) is 0 Å². The molecule has 0 radical (unpaired) electrons. The Hall–Kier alpha value is -1.06. The number of hydrogen-bond acceptors (Lipinski definition) is 2. The quantitative estimate of drug-likeness (QED) is 0.598. The van der Waals surface area contributed by atoms with Gasteiger partial charge in [0.1, 0.15) is 11.4 Å². The number of fused-ring (bicyclic) bond motifs is 1. The van der Waals surface area contributed by atoms with Crippen molar-refractivity contribution >= 4 is 6.09 Å². The third kappa shape index (κ3) is 1.38. The van der Waals surface area contributed by atoms with E-state index in [0.717, 1.165) is 5.57 Å². The van der Waals surface area contributed by atoms with Crippen LogP contribution in [0.5, 0.6) is 0 Å². The van der Waals surface area contributed by atoms with Crippen molar-refractivity contribution in [2.24, 2.45) is 0 Å². The molecule has 2 aliphatic heterocycles. The molecule has 1 aliphatic carbocycles. The Morgan fingerprint density at radius 3 is 2.57 bits per heavy atom. The molecule has 1 fully saturated rings. The van der Waals surface area contributed by atoms with Gasteiger partial charge < -0.3 is 4.74 Å². The fourth-order valence-corrected chi connectivity index (χ4v) is 1.74. The van der Waals surface area contributed by atoms with Crippen LogP contribution in [0.15, 0.2) is 11.4 Å². The second-order valence-corrected chi connectivity index (χ2v) is 4.78. The van der Waals surface area contributed by atoms with Crippen molar-refractivity contribution in [3.8, 4) is 0 Å². The van der Waals surface area contributed by atoms with Gasteiger partial charge in [0.2, 0.25) is 0 Å². The fraction of sp³-hybridized carbons (Fsp3) is 0.700. The normalized spacial score (nSPS) is 25.1. The van der Waals surface area contributed by atoms with E-state index < -0.39 is 11.7 Å². The van der Waals surface area contributed by atoms with Gasteiger partial charge in [-0.25, -0.2) is 9.18 Å². The number of carbonyl (C=O) groups excluding carboxylic acids is 1. The number of amides is 1. The monoisotopic (exact) mass is 199 g/mol. The molecule has 0 N–H and O–H groups in total. The molecule has 3 rings (SSSR count). The zero-order valence-corrected chi connectivity index (χ0v) is 8.63. The van der Waals surface area contributed by atoms with Crippen molar-refractivity contribution in [1.82, 2.24) is 4.90 Å². The summed E-state index contributed by atoms with van der Waals surface area (Å²) >= 11 is 0. The van der Waals surface area contributed by atoms with Crippen LogP contribution in [0, 0.1) is 0 Å². The topological polar surface area (TPSA) is 29.5 Å². The summed E-state index contributed by atoms with van der Waals surface area (Å²) in [6.45, 7) is 5.82. The van der Waals surface area contributed by atoms with E-state index in [0.29, 0.717) is 13.0 Å². The summed E-state index contributed by atoms with van der Waals surface area (Å²) in [6.07, 6.45) is 0.274. The van der Waals surface area contributed by atoms with E-state index in [1.807, 2.05) is 0 Å². The molecule has 1 atom stereocenters. The Labute approximate surface area is 82.5 Å². The van der Waals surface area contributed by atoms with E-state index >= 15 is 0 Å². The summed E-state index contributed by atoms with van der Waals surface area (Å²) in [6, 6.07) is -0.333. The Bertz CT molecular complexity index is 317. The number of ether oxygens (including phenoxy) is 1. The van der Waals surface area contributed by atoms with Gasteiger partial charge in [-0.05, 0) is 26.3 Å². The molecule has 3 nitrogen and oxygen atoms in total. The highest BCUT2D eigenvalue weighted by atomic mass is 19.1. The van der Waals surface area contributed by atoms with Gasteiger partial charge in [-0.1, -0.05) is 0 Å². The van der Waals surface area contributed by atoms with Gasteiger partial charge in [0, 0.05) is 13.0 Å². The Morgan fingerprint density at radius 2 is 2.21 bits per heavy atom. The molecular weight excluding hydrogens is 185 g/mol. The summed E-state index contributed by atoms with van der Waals surface area (Å²) in [4.78, 5) is 13.0. The molecule has 3 aliphatic rings. The van der Waals surface area contributed by atoms with Crippen molar-refractivity contribution in [2.45, 2.75) is 38.8 Å². The number of carbonyl (C=O) groups is 1. The van der Waals surface area contributed by atoms with Crippen LogP contribution in [0.1, 0.15) is 27.2 Å². The van der Waals surface area contributed by atoms with Crippen LogP contribution in [0.4, 0.5) is 9.18 Å². The molecule has 0 aromatic rings. The van der Waals surface area contributed by atoms with E-state index in [1.165, 1.54) is 4.90 Å². The lowest BCUT2D eigenvalue weighted by atomic mass is 9.98. The van der Waals surface area contributed by atoms with Gasteiger partial charge >= 0.3 is 6.09 Å². The Morgan fingerprint density at radius 1 is 1.57 bits per heavy atom. The first-order valence-corrected chi connectivity index (χ1v) is 4.75. The SMILES string of the molecule is CC(C)(C)OC(=O)N1CC2=C(F)[C@H]1C2. The van der Waals surface area contributed by atoms with Crippen molar-refractivity contribution in [2.75, 3.05) is 6.54 Å². The third-order valence-electron chi connectivity index (χ3n) is 2.44. The van der Waals surface area contributed by atoms with Crippen LogP contribution in [0.2, 0.25) is 0 Å². The highest BCUT2D eigenvalue weighted by molar-refractivity contribution is 5.72. The van der Waals surface area contributed by atoms with Crippen molar-refractivity contribution in [1.29, 1.82) is 0 Å². The van der Waals surface area contributed by atoms with E-state index in [4.69, 9.17) is 4.74 Å². The van der Waals surface area contributed by atoms with Gasteiger partial charge in [0.05, 0.1) is 6.04 Å². The first kappa shape index (κ1) is 9.49. The van der Waals surface area contributed by atoms with E-state index in [2.05, 4.69) is 0 Å². The first-order chi connectivity index (χ1) is 6.38. The second kappa shape index (κ2) is 2.72. The lowest BCUT2D eigenvalue weighted by Gasteiger charge is -2.27. The molecule has 14 heavy (non-hydrogen) atoms. The van der Waals surface area contributed by atoms with Crippen molar-refractivity contribution in [3.63, 3.8) is 0 Å². The largest absolute Gasteiger partial charge is 0.444 e. The smallest absolute Gasteiger partial charge is 0.411 e. The number of halogens is 1. The predicted octanol–water partition coefficient (Wildman–Crippen LogP) is 2.23. The summed E-state index contributed by atoms with van der Waals surface area (Å²) in [5.74, 6) is -0.129. The molecular formula is C10H14FNO2. The summed E-state index contributed by atoms with van der Waals surface area (Å²) in [7, 11) is 0. The van der Waals surface area contributed by atoms with Gasteiger partial charge in [0.25, 0.3) is 0 Å². The number of hydrogen-bond donors (Lipinski definition) is 0. The maximum Gasteiger partial charge on any atom is 0.411 e. The van der Waals surface area contributed by atoms with E-state index in [1.54, 1.807) is 20.8 Å². The highest BCUT2D eigenvalue weighted by Crippen LogP contribution is 2.42. The van der Waals surface area contributed by atoms with Crippen LogP contribution >= 0.6 is 0 Å². The zero-order chi connectivity index (χ0) is 10.5. The second-order valence-electron chi connectivity index (χ2n) is 4.78. The minimum atomic E-state index is -0.509. The molecule has 78 valence electrons. The van der Waals surface area contributed by atoms with Gasteiger partial charge in [-0.15, -0.1) is 0 Å². The van der Waals surface area contributed by atoms with Gasteiger partial charge in [-0.3, -0.25) is 4.90 Å². The molecule has 0 unspecified atom stereocenters. The van der Waals surface area contributed by atoms with Crippen LogP contribution in [0.25, 0.3) is 0 Å². The average Bonchev–Trinajstić information content (AvgIpc) is 2.55. The Balaban J connectivity index is 1.97. The highest BCUT2D eigenvalue weighted by Gasteiger charge is 2.46. The van der Waals surface area contributed by atoms with Crippen LogP contribution in [-0.2, 0) is 4.74 Å². The van der Waals surface area contributed by atoms with Crippen LogP contribution < -0.4 is 0 Å². The van der Waals surface area contributed by atoms with Crippen molar-refractivity contribution < 1.29 is 13.9 Å². The molecule has 1 saturated heterocycles. The summed E-state index contributed by atoms with van der Waals surface area (Å²) < 4.78 is 18.2. The lowest BCUT2D eigenvalue weighted by Crippen LogP contribution is -2.39. The molecule has 2 heterocycles. The van der Waals surface area contributed by atoms with Gasteiger partial charge in [-0.2, -0.15) is 0 Å². The standard InChI is InChI=1S/C10H14FNO2/c1-10(2,3)14-9(13)12-5-6-4-7(12)8(6)11/h7H,4-5H2,1-3H3/t7-/m1/s1. The zero-order valence-electron chi connectivity index (χ0n) is 8.63. The molecule has 1 amide bonds. The maximum atomic E-state index is 13.0. The van der Waals surface area contributed by atoms with E-state index in [9.17, 15) is 9.18 Å².